The van der Waals surface area contributed by atoms with E-state index in [0.29, 0.717) is 10.8 Å². The Balaban J connectivity index is 1.58. The summed E-state index contributed by atoms with van der Waals surface area (Å²) in [7, 11) is -4.10. The lowest BCUT2D eigenvalue weighted by atomic mass is 10.2. The number of carbonyl (C=O) groups is 1. The first-order chi connectivity index (χ1) is 15.4. The molecule has 0 radical (unpaired) electrons. The van der Waals surface area contributed by atoms with Crippen LogP contribution in [0.15, 0.2) is 77.7 Å². The summed E-state index contributed by atoms with van der Waals surface area (Å²) >= 11 is 5.74. The number of amides is 1. The fourth-order valence-corrected chi connectivity index (χ4v) is 3.75. The quantitative estimate of drug-likeness (QED) is 0.469. The van der Waals surface area contributed by atoms with Crippen LogP contribution < -0.4 is 14.2 Å². The van der Waals surface area contributed by atoms with Gasteiger partial charge in [0.2, 0.25) is 0 Å². The third-order valence-electron chi connectivity index (χ3n) is 4.28. The number of hydrogen-bond donors (Lipinski definition) is 1. The molecule has 0 saturated carbocycles. The van der Waals surface area contributed by atoms with Gasteiger partial charge in [0.1, 0.15) is 17.2 Å². The van der Waals surface area contributed by atoms with Crippen molar-refractivity contribution in [2.24, 2.45) is 0 Å². The van der Waals surface area contributed by atoms with Crippen molar-refractivity contribution in [3.8, 4) is 17.2 Å². The highest BCUT2D eigenvalue weighted by Gasteiger charge is 2.30. The molecule has 1 N–H and O–H groups in total. The molecule has 0 heterocycles. The molecule has 0 fully saturated rings. The largest absolute Gasteiger partial charge is 0.481 e. The zero-order chi connectivity index (χ0) is 24.2. The Morgan fingerprint density at radius 1 is 0.879 bits per heavy atom. The second-order valence-electron chi connectivity index (χ2n) is 6.78. The normalized spacial score (nSPS) is 12.6. The van der Waals surface area contributed by atoms with Gasteiger partial charge in [0.05, 0.1) is 10.5 Å². The molecule has 6 nitrogen and oxygen atoms in total. The summed E-state index contributed by atoms with van der Waals surface area (Å²) in [6.45, 7) is 1.37. The predicted molar refractivity (Wildman–Crippen MR) is 115 cm³/mol. The lowest BCUT2D eigenvalue weighted by Crippen LogP contribution is -2.39. The molecule has 3 aromatic carbocycles. The van der Waals surface area contributed by atoms with Gasteiger partial charge in [-0.3, -0.25) is 4.79 Å². The monoisotopic (exact) mass is 499 g/mol. The van der Waals surface area contributed by atoms with Crippen molar-refractivity contribution in [1.29, 1.82) is 0 Å². The Hall–Kier alpha value is -3.24. The molecule has 0 aliphatic rings. The molecule has 1 amide bonds. The van der Waals surface area contributed by atoms with E-state index in [1.807, 2.05) is 4.72 Å². The van der Waals surface area contributed by atoms with Gasteiger partial charge in [0.25, 0.3) is 15.9 Å². The fraction of sp³-hybridized carbons (Fsp3) is 0.136. The minimum Gasteiger partial charge on any atom is -0.481 e. The SMILES string of the molecule is CC(Oc1ccc(Oc2ccc(C(F)(F)F)cc2)cc1)C(=O)NS(=O)(=O)c1ccc(Cl)cc1. The van der Waals surface area contributed by atoms with Crippen LogP contribution in [0.4, 0.5) is 13.2 Å². The zero-order valence-electron chi connectivity index (χ0n) is 17.0. The van der Waals surface area contributed by atoms with Crippen LogP contribution in [0.5, 0.6) is 17.2 Å². The van der Waals surface area contributed by atoms with E-state index >= 15 is 0 Å². The maximum atomic E-state index is 12.6. The molecule has 0 aliphatic heterocycles. The van der Waals surface area contributed by atoms with Crippen molar-refractivity contribution < 1.29 is 35.9 Å². The summed E-state index contributed by atoms with van der Waals surface area (Å²) in [6, 6.07) is 15.4. The average Bonchev–Trinajstić information content (AvgIpc) is 2.75. The maximum Gasteiger partial charge on any atom is 0.416 e. The van der Waals surface area contributed by atoms with Crippen LogP contribution in [0.2, 0.25) is 5.02 Å². The van der Waals surface area contributed by atoms with Crippen molar-refractivity contribution >= 4 is 27.5 Å². The summed E-state index contributed by atoms with van der Waals surface area (Å²) in [5.74, 6) is -0.0994. The standard InChI is InChI=1S/C22H17ClF3NO5S/c1-14(21(28)27-33(29,30)20-12-4-16(23)5-13-20)31-17-8-10-19(11-9-17)32-18-6-2-15(3-7-18)22(24,25)26/h2-14H,1H3,(H,27,28). The predicted octanol–water partition coefficient (Wildman–Crippen LogP) is 5.42. The molecule has 1 atom stereocenters. The molecule has 33 heavy (non-hydrogen) atoms. The molecule has 0 spiro atoms. The van der Waals surface area contributed by atoms with Crippen LogP contribution in [-0.4, -0.2) is 20.4 Å². The molecule has 0 aliphatic carbocycles. The number of carbonyl (C=O) groups excluding carboxylic acids is 1. The summed E-state index contributed by atoms with van der Waals surface area (Å²) in [5.41, 5.74) is -0.788. The Kier molecular flexibility index (Phi) is 7.19. The smallest absolute Gasteiger partial charge is 0.416 e. The van der Waals surface area contributed by atoms with E-state index in [9.17, 15) is 26.4 Å². The fourth-order valence-electron chi connectivity index (χ4n) is 2.58. The molecule has 174 valence electrons. The van der Waals surface area contributed by atoms with E-state index in [2.05, 4.69) is 0 Å². The lowest BCUT2D eigenvalue weighted by Gasteiger charge is -2.15. The van der Waals surface area contributed by atoms with E-state index in [-0.39, 0.29) is 16.4 Å². The van der Waals surface area contributed by atoms with Crippen LogP contribution in [0.25, 0.3) is 0 Å². The Morgan fingerprint density at radius 3 is 1.88 bits per heavy atom. The van der Waals surface area contributed by atoms with Gasteiger partial charge in [-0.2, -0.15) is 13.2 Å². The minimum atomic E-state index is -4.44. The van der Waals surface area contributed by atoms with Gasteiger partial charge in [-0.1, -0.05) is 11.6 Å². The molecule has 11 heteroatoms. The number of nitrogens with one attached hydrogen (secondary N) is 1. The Morgan fingerprint density at radius 2 is 1.36 bits per heavy atom. The second-order valence-corrected chi connectivity index (χ2v) is 8.90. The summed E-state index contributed by atoms with van der Waals surface area (Å²) in [4.78, 5) is 12.1. The van der Waals surface area contributed by atoms with E-state index in [1.54, 1.807) is 0 Å². The number of ether oxygens (including phenoxy) is 2. The first kappa shape index (κ1) is 24.4. The average molecular weight is 500 g/mol. The number of sulfonamides is 1. The minimum absolute atomic E-state index is 0.128. The molecule has 3 aromatic rings. The number of rotatable bonds is 7. The number of benzene rings is 3. The highest BCUT2D eigenvalue weighted by molar-refractivity contribution is 7.90. The van der Waals surface area contributed by atoms with Crippen molar-refractivity contribution in [1.82, 2.24) is 4.72 Å². The highest BCUT2D eigenvalue weighted by atomic mass is 35.5. The molecular weight excluding hydrogens is 483 g/mol. The number of alkyl halides is 3. The van der Waals surface area contributed by atoms with Gasteiger partial charge in [0, 0.05) is 5.02 Å². The van der Waals surface area contributed by atoms with Gasteiger partial charge in [0.15, 0.2) is 6.10 Å². The van der Waals surface area contributed by atoms with E-state index in [1.165, 1.54) is 67.6 Å². The van der Waals surface area contributed by atoms with Gasteiger partial charge < -0.3 is 9.47 Å². The van der Waals surface area contributed by atoms with Crippen molar-refractivity contribution in [2.75, 3.05) is 0 Å². The second kappa shape index (κ2) is 9.72. The van der Waals surface area contributed by atoms with Crippen LogP contribution in [0, 0.1) is 0 Å². The lowest BCUT2D eigenvalue weighted by molar-refractivity contribution is -0.137. The summed E-state index contributed by atoms with van der Waals surface area (Å²) in [6.07, 6.45) is -5.58. The molecular formula is C22H17ClF3NO5S. The first-order valence-electron chi connectivity index (χ1n) is 9.38. The van der Waals surface area contributed by atoms with Crippen molar-refractivity contribution in [3.63, 3.8) is 0 Å². The topological polar surface area (TPSA) is 81.7 Å². The van der Waals surface area contributed by atoms with E-state index < -0.39 is 33.8 Å². The Labute approximate surface area is 193 Å². The summed E-state index contributed by atoms with van der Waals surface area (Å²) in [5, 5.41) is 0.350. The van der Waals surface area contributed by atoms with Crippen molar-refractivity contribution in [3.05, 3.63) is 83.4 Å². The van der Waals surface area contributed by atoms with Crippen LogP contribution >= 0.6 is 11.6 Å². The Bertz CT molecular complexity index is 1210. The molecule has 3 rings (SSSR count). The molecule has 0 aromatic heterocycles. The van der Waals surface area contributed by atoms with Gasteiger partial charge in [-0.25, -0.2) is 13.1 Å². The van der Waals surface area contributed by atoms with Gasteiger partial charge in [-0.15, -0.1) is 0 Å². The van der Waals surface area contributed by atoms with Crippen LogP contribution in [0.1, 0.15) is 12.5 Å². The van der Waals surface area contributed by atoms with Crippen LogP contribution in [-0.2, 0) is 21.0 Å². The van der Waals surface area contributed by atoms with Crippen molar-refractivity contribution in [2.45, 2.75) is 24.1 Å². The molecule has 0 saturated heterocycles. The number of hydrogen-bond acceptors (Lipinski definition) is 5. The van der Waals surface area contributed by atoms with E-state index in [4.69, 9.17) is 21.1 Å². The zero-order valence-corrected chi connectivity index (χ0v) is 18.5. The number of halogens is 4. The maximum absolute atomic E-state index is 12.6. The molecule has 0 bridgehead atoms. The van der Waals surface area contributed by atoms with Crippen LogP contribution in [0.3, 0.4) is 0 Å². The third kappa shape index (κ3) is 6.62. The van der Waals surface area contributed by atoms with Gasteiger partial charge >= 0.3 is 6.18 Å². The highest BCUT2D eigenvalue weighted by Crippen LogP contribution is 2.31. The van der Waals surface area contributed by atoms with E-state index in [0.717, 1.165) is 12.1 Å². The first-order valence-corrected chi connectivity index (χ1v) is 11.2. The van der Waals surface area contributed by atoms with Gasteiger partial charge in [-0.05, 0) is 79.7 Å². The molecule has 1 unspecified atom stereocenters. The summed E-state index contributed by atoms with van der Waals surface area (Å²) < 4.78 is 75.3. The third-order valence-corrected chi connectivity index (χ3v) is 5.90.